The van der Waals surface area contributed by atoms with E-state index in [0.717, 1.165) is 17.0 Å². The Labute approximate surface area is 89.4 Å². The Morgan fingerprint density at radius 1 is 1.38 bits per heavy atom. The fourth-order valence-electron chi connectivity index (χ4n) is 1.10. The van der Waals surface area contributed by atoms with Crippen LogP contribution in [0.15, 0.2) is 12.1 Å². The van der Waals surface area contributed by atoms with Gasteiger partial charge in [0, 0.05) is 31.8 Å². The highest BCUT2D eigenvalue weighted by Crippen LogP contribution is 2.26. The van der Waals surface area contributed by atoms with E-state index >= 15 is 0 Å². The van der Waals surface area contributed by atoms with Gasteiger partial charge < -0.3 is 4.90 Å². The first-order valence-corrected chi connectivity index (χ1v) is 4.22. The molecule has 0 aromatic heterocycles. The van der Waals surface area contributed by atoms with Gasteiger partial charge in [-0.2, -0.15) is 8.78 Å². The molecule has 0 atom stereocenters. The molecular formula is C9H8F2N2O3. The van der Waals surface area contributed by atoms with Gasteiger partial charge in [0.15, 0.2) is 0 Å². The van der Waals surface area contributed by atoms with E-state index < -0.39 is 28.2 Å². The molecule has 5 nitrogen and oxygen atoms in total. The molecule has 0 saturated carbocycles. The van der Waals surface area contributed by atoms with Crippen LogP contribution in [0.25, 0.3) is 0 Å². The number of benzene rings is 1. The van der Waals surface area contributed by atoms with Crippen LogP contribution in [0, 0.1) is 21.7 Å². The summed E-state index contributed by atoms with van der Waals surface area (Å²) in [6.07, 6.45) is 0. The van der Waals surface area contributed by atoms with Gasteiger partial charge in [-0.25, -0.2) is 0 Å². The number of amides is 1. The van der Waals surface area contributed by atoms with Gasteiger partial charge >= 0.3 is 5.69 Å². The minimum absolute atomic E-state index is 0.0758. The largest absolute Gasteiger partial charge is 0.340 e. The number of nitrogens with zero attached hydrogens (tertiary/aromatic N) is 2. The lowest BCUT2D eigenvalue weighted by Crippen LogP contribution is -2.23. The van der Waals surface area contributed by atoms with E-state index in [1.54, 1.807) is 0 Å². The molecule has 0 heterocycles. The summed E-state index contributed by atoms with van der Waals surface area (Å²) in [4.78, 5) is 21.1. The Kier molecular flexibility index (Phi) is 3.17. The number of rotatable bonds is 2. The van der Waals surface area contributed by atoms with Gasteiger partial charge in [-0.3, -0.25) is 14.9 Å². The Morgan fingerprint density at radius 2 is 1.81 bits per heavy atom. The summed E-state index contributed by atoms with van der Waals surface area (Å²) >= 11 is 0. The number of nitro benzene ring substituents is 1. The van der Waals surface area contributed by atoms with Crippen molar-refractivity contribution in [3.63, 3.8) is 0 Å². The van der Waals surface area contributed by atoms with Crippen LogP contribution >= 0.6 is 0 Å². The fourth-order valence-corrected chi connectivity index (χ4v) is 1.10. The molecule has 0 aliphatic rings. The molecule has 0 unspecified atom stereocenters. The van der Waals surface area contributed by atoms with Crippen LogP contribution in [-0.2, 0) is 4.79 Å². The molecule has 1 aromatic carbocycles. The molecule has 0 aliphatic carbocycles. The zero-order valence-electron chi connectivity index (χ0n) is 8.53. The lowest BCUT2D eigenvalue weighted by atomic mass is 10.2. The van der Waals surface area contributed by atoms with Gasteiger partial charge in [0.05, 0.1) is 4.92 Å². The van der Waals surface area contributed by atoms with Gasteiger partial charge in [0.25, 0.3) is 0 Å². The average molecular weight is 230 g/mol. The van der Waals surface area contributed by atoms with Crippen LogP contribution < -0.4 is 4.90 Å². The second-order valence-corrected chi connectivity index (χ2v) is 3.09. The first kappa shape index (κ1) is 12.0. The predicted molar refractivity (Wildman–Crippen MR) is 52.1 cm³/mol. The summed E-state index contributed by atoms with van der Waals surface area (Å²) in [5.74, 6) is -3.06. The Bertz CT molecular complexity index is 439. The molecule has 0 bridgehead atoms. The van der Waals surface area contributed by atoms with Crippen molar-refractivity contribution in [1.29, 1.82) is 0 Å². The first-order chi connectivity index (χ1) is 7.34. The van der Waals surface area contributed by atoms with E-state index in [2.05, 4.69) is 0 Å². The minimum atomic E-state index is -1.31. The molecule has 0 spiro atoms. The average Bonchev–Trinajstić information content (AvgIpc) is 2.14. The molecular weight excluding hydrogens is 222 g/mol. The van der Waals surface area contributed by atoms with E-state index in [1.807, 2.05) is 0 Å². The van der Waals surface area contributed by atoms with E-state index in [4.69, 9.17) is 0 Å². The number of hydrogen-bond acceptors (Lipinski definition) is 3. The van der Waals surface area contributed by atoms with Crippen LogP contribution in [0.5, 0.6) is 0 Å². The van der Waals surface area contributed by atoms with Gasteiger partial charge in [-0.15, -0.1) is 0 Å². The third-order valence-electron chi connectivity index (χ3n) is 2.04. The van der Waals surface area contributed by atoms with Crippen LogP contribution in [-0.4, -0.2) is 17.9 Å². The molecule has 0 radical (unpaired) electrons. The maximum atomic E-state index is 13.2. The second-order valence-electron chi connectivity index (χ2n) is 3.09. The summed E-state index contributed by atoms with van der Waals surface area (Å²) in [6.45, 7) is 1.21. The number of hydrogen-bond donors (Lipinski definition) is 0. The van der Waals surface area contributed by atoms with Crippen LogP contribution in [0.1, 0.15) is 6.92 Å². The zero-order valence-corrected chi connectivity index (χ0v) is 8.53. The zero-order chi connectivity index (χ0) is 12.5. The number of carbonyl (C=O) groups is 1. The summed E-state index contributed by atoms with van der Waals surface area (Å²) < 4.78 is 26.3. The lowest BCUT2D eigenvalue weighted by molar-refractivity contribution is -0.390. The number of halogens is 2. The monoisotopic (exact) mass is 230 g/mol. The highest BCUT2D eigenvalue weighted by Gasteiger charge is 2.23. The minimum Gasteiger partial charge on any atom is -0.316 e. The van der Waals surface area contributed by atoms with Gasteiger partial charge in [-0.1, -0.05) is 0 Å². The van der Waals surface area contributed by atoms with Gasteiger partial charge in [-0.05, 0) is 0 Å². The summed E-state index contributed by atoms with van der Waals surface area (Å²) in [5.41, 5.74) is -1.30. The normalized spacial score (nSPS) is 10.0. The molecule has 0 saturated heterocycles. The van der Waals surface area contributed by atoms with Crippen molar-refractivity contribution >= 4 is 17.3 Å². The quantitative estimate of drug-likeness (QED) is 0.575. The number of nitro groups is 1. The van der Waals surface area contributed by atoms with Gasteiger partial charge in [0.1, 0.15) is 0 Å². The molecule has 7 heteroatoms. The predicted octanol–water partition coefficient (Wildman–Crippen LogP) is 1.86. The maximum absolute atomic E-state index is 13.2. The molecule has 16 heavy (non-hydrogen) atoms. The van der Waals surface area contributed by atoms with Crippen molar-refractivity contribution in [2.75, 3.05) is 11.9 Å². The Morgan fingerprint density at radius 3 is 2.12 bits per heavy atom. The summed E-state index contributed by atoms with van der Waals surface area (Å²) in [7, 11) is 1.31. The first-order valence-electron chi connectivity index (χ1n) is 4.22. The maximum Gasteiger partial charge on any atom is 0.340 e. The molecule has 0 N–H and O–H groups in total. The van der Waals surface area contributed by atoms with Crippen LogP contribution in [0.2, 0.25) is 0 Å². The molecule has 1 amide bonds. The third-order valence-corrected chi connectivity index (χ3v) is 2.04. The van der Waals surface area contributed by atoms with E-state index in [0.29, 0.717) is 0 Å². The number of anilines is 1. The van der Waals surface area contributed by atoms with Crippen molar-refractivity contribution in [1.82, 2.24) is 0 Å². The van der Waals surface area contributed by atoms with Crippen molar-refractivity contribution in [2.45, 2.75) is 6.92 Å². The highest BCUT2D eigenvalue weighted by atomic mass is 19.1. The standard InChI is InChI=1S/C9H8F2N2O3/c1-5(14)12(2)6-3-7(10)9(13(15)16)8(11)4-6/h3-4H,1-2H3. The van der Waals surface area contributed by atoms with Crippen molar-refractivity contribution in [3.8, 4) is 0 Å². The number of carbonyl (C=O) groups excluding carboxylic acids is 1. The van der Waals surface area contributed by atoms with E-state index in [1.165, 1.54) is 14.0 Å². The van der Waals surface area contributed by atoms with Crippen LogP contribution in [0.4, 0.5) is 20.2 Å². The molecule has 1 aromatic rings. The lowest BCUT2D eigenvalue weighted by Gasteiger charge is -2.14. The molecule has 86 valence electrons. The SMILES string of the molecule is CC(=O)N(C)c1cc(F)c([N+](=O)[O-])c(F)c1. The highest BCUT2D eigenvalue weighted by molar-refractivity contribution is 5.90. The van der Waals surface area contributed by atoms with Crippen molar-refractivity contribution < 1.29 is 18.5 Å². The Hall–Kier alpha value is -2.05. The van der Waals surface area contributed by atoms with Gasteiger partial charge in [0.2, 0.25) is 17.5 Å². The summed E-state index contributed by atoms with van der Waals surface area (Å²) in [6, 6.07) is 1.48. The molecule has 1 rings (SSSR count). The molecule has 0 aliphatic heterocycles. The smallest absolute Gasteiger partial charge is 0.316 e. The fraction of sp³-hybridized carbons (Fsp3) is 0.222. The van der Waals surface area contributed by atoms with Crippen molar-refractivity contribution in [3.05, 3.63) is 33.9 Å². The topological polar surface area (TPSA) is 63.5 Å². The second kappa shape index (κ2) is 4.21. The van der Waals surface area contributed by atoms with Crippen molar-refractivity contribution in [2.24, 2.45) is 0 Å². The Balaban J connectivity index is 3.30. The van der Waals surface area contributed by atoms with E-state index in [9.17, 15) is 23.7 Å². The third kappa shape index (κ3) is 2.13. The molecule has 0 fully saturated rings. The summed E-state index contributed by atoms with van der Waals surface area (Å²) in [5, 5.41) is 10.3. The van der Waals surface area contributed by atoms with Crippen LogP contribution in [0.3, 0.4) is 0 Å². The van der Waals surface area contributed by atoms with E-state index in [-0.39, 0.29) is 5.69 Å².